The van der Waals surface area contributed by atoms with Crippen molar-refractivity contribution in [2.45, 2.75) is 6.61 Å². The van der Waals surface area contributed by atoms with Gasteiger partial charge in [0.05, 0.1) is 5.56 Å². The maximum Gasteiger partial charge on any atom is 0.232 e. The van der Waals surface area contributed by atoms with E-state index in [0.717, 1.165) is 11.3 Å². The quantitative estimate of drug-likeness (QED) is 0.672. The maximum atomic E-state index is 12.5. The van der Waals surface area contributed by atoms with Crippen LogP contribution in [0.1, 0.15) is 21.6 Å². The van der Waals surface area contributed by atoms with E-state index in [0.29, 0.717) is 29.4 Å². The van der Waals surface area contributed by atoms with Crippen molar-refractivity contribution < 1.29 is 14.3 Å². The number of allylic oxidation sites excluding steroid dienone is 1. The highest BCUT2D eigenvalue weighted by molar-refractivity contribution is 6.14. The number of rotatable bonds is 4. The first-order chi connectivity index (χ1) is 12.2. The fourth-order valence-electron chi connectivity index (χ4n) is 2.76. The van der Waals surface area contributed by atoms with Crippen LogP contribution in [0.15, 0.2) is 72.6 Å². The lowest BCUT2D eigenvalue weighted by atomic mass is 10.1. The third-order valence-corrected chi connectivity index (χ3v) is 4.15. The van der Waals surface area contributed by atoms with Crippen LogP contribution < -0.4 is 9.47 Å². The molecular weight excluding hydrogens is 314 g/mol. The van der Waals surface area contributed by atoms with Gasteiger partial charge in [-0.05, 0) is 29.8 Å². The number of hydrogen-bond acceptors (Lipinski definition) is 3. The third kappa shape index (κ3) is 3.06. The highest BCUT2D eigenvalue weighted by Gasteiger charge is 2.27. The van der Waals surface area contributed by atoms with Gasteiger partial charge in [0.1, 0.15) is 18.1 Å². The average Bonchev–Trinajstić information content (AvgIpc) is 3.18. The normalized spacial score (nSPS) is 14.4. The van der Waals surface area contributed by atoms with E-state index in [1.165, 1.54) is 0 Å². The molecule has 1 aromatic heterocycles. The molecule has 0 fully saturated rings. The fraction of sp³-hybridized carbons (Fsp3) is 0.0952. The number of benzene rings is 2. The summed E-state index contributed by atoms with van der Waals surface area (Å²) in [5, 5.41) is 0. The maximum absolute atomic E-state index is 12.5. The van der Waals surface area contributed by atoms with Gasteiger partial charge in [0.2, 0.25) is 5.78 Å². The zero-order chi connectivity index (χ0) is 17.2. The molecule has 4 rings (SSSR count). The standard InChI is InChI=1S/C21H17NO3/c1-22-11-5-8-16(22)12-20-21(23)18-10-9-17(13-19(18)25-20)24-14-15-6-3-2-4-7-15/h2-13H,14H2,1H3/b20-12+. The number of aromatic nitrogens is 1. The second kappa shape index (κ2) is 6.32. The first-order valence-corrected chi connectivity index (χ1v) is 8.07. The highest BCUT2D eigenvalue weighted by Crippen LogP contribution is 2.35. The van der Waals surface area contributed by atoms with Crippen molar-refractivity contribution in [2.75, 3.05) is 0 Å². The van der Waals surface area contributed by atoms with Crippen molar-refractivity contribution in [3.8, 4) is 11.5 Å². The van der Waals surface area contributed by atoms with Crippen LogP contribution in [0.5, 0.6) is 11.5 Å². The molecule has 0 bridgehead atoms. The summed E-state index contributed by atoms with van der Waals surface area (Å²) in [6.07, 6.45) is 3.68. The summed E-state index contributed by atoms with van der Waals surface area (Å²) < 4.78 is 13.5. The topological polar surface area (TPSA) is 40.5 Å². The highest BCUT2D eigenvalue weighted by atomic mass is 16.5. The minimum atomic E-state index is -0.106. The lowest BCUT2D eigenvalue weighted by Crippen LogP contribution is -1.99. The largest absolute Gasteiger partial charge is 0.489 e. The lowest BCUT2D eigenvalue weighted by molar-refractivity contribution is 0.101. The fourth-order valence-corrected chi connectivity index (χ4v) is 2.76. The molecule has 124 valence electrons. The predicted molar refractivity (Wildman–Crippen MR) is 95.6 cm³/mol. The minimum Gasteiger partial charge on any atom is -0.489 e. The zero-order valence-electron chi connectivity index (χ0n) is 13.8. The molecule has 0 N–H and O–H groups in total. The van der Waals surface area contributed by atoms with E-state index in [-0.39, 0.29) is 5.78 Å². The number of ether oxygens (including phenoxy) is 2. The third-order valence-electron chi connectivity index (χ3n) is 4.15. The van der Waals surface area contributed by atoms with Crippen LogP contribution in [-0.2, 0) is 13.7 Å². The molecule has 0 radical (unpaired) electrons. The zero-order valence-corrected chi connectivity index (χ0v) is 13.8. The van der Waals surface area contributed by atoms with Crippen LogP contribution >= 0.6 is 0 Å². The van der Waals surface area contributed by atoms with Crippen LogP contribution in [0.25, 0.3) is 6.08 Å². The molecule has 0 amide bonds. The van der Waals surface area contributed by atoms with Gasteiger partial charge in [-0.15, -0.1) is 0 Å². The van der Waals surface area contributed by atoms with E-state index < -0.39 is 0 Å². The molecule has 4 heteroatoms. The van der Waals surface area contributed by atoms with Crippen LogP contribution in [0.4, 0.5) is 0 Å². The Labute approximate surface area is 145 Å². The van der Waals surface area contributed by atoms with Gasteiger partial charge in [-0.2, -0.15) is 0 Å². The van der Waals surface area contributed by atoms with Gasteiger partial charge in [-0.1, -0.05) is 30.3 Å². The van der Waals surface area contributed by atoms with E-state index in [2.05, 4.69) is 0 Å². The van der Waals surface area contributed by atoms with Crippen LogP contribution in [-0.4, -0.2) is 10.4 Å². The molecule has 0 saturated heterocycles. The smallest absolute Gasteiger partial charge is 0.232 e. The van der Waals surface area contributed by atoms with E-state index in [1.54, 1.807) is 24.3 Å². The van der Waals surface area contributed by atoms with E-state index >= 15 is 0 Å². The van der Waals surface area contributed by atoms with E-state index in [4.69, 9.17) is 9.47 Å². The minimum absolute atomic E-state index is 0.106. The van der Waals surface area contributed by atoms with Gasteiger partial charge in [0, 0.05) is 31.1 Å². The van der Waals surface area contributed by atoms with Crippen molar-refractivity contribution in [2.24, 2.45) is 7.05 Å². The molecule has 3 aromatic rings. The number of aryl methyl sites for hydroxylation is 1. The Balaban J connectivity index is 1.53. The number of hydrogen-bond donors (Lipinski definition) is 0. The van der Waals surface area contributed by atoms with Gasteiger partial charge in [0.15, 0.2) is 5.76 Å². The number of Topliss-reactive ketones (excluding diaryl/α,β-unsaturated/α-hetero) is 1. The molecule has 25 heavy (non-hydrogen) atoms. The molecule has 0 unspecified atom stereocenters. The Hall–Kier alpha value is -3.27. The molecule has 1 aliphatic rings. The van der Waals surface area contributed by atoms with Crippen molar-refractivity contribution in [3.63, 3.8) is 0 Å². The average molecular weight is 331 g/mol. The Bertz CT molecular complexity index is 954. The van der Waals surface area contributed by atoms with Gasteiger partial charge in [-0.3, -0.25) is 4.79 Å². The molecule has 1 aliphatic heterocycles. The Morgan fingerprint density at radius 1 is 1.08 bits per heavy atom. The Morgan fingerprint density at radius 3 is 2.68 bits per heavy atom. The van der Waals surface area contributed by atoms with Crippen molar-refractivity contribution in [1.82, 2.24) is 4.57 Å². The summed E-state index contributed by atoms with van der Waals surface area (Å²) in [6.45, 7) is 0.472. The van der Waals surface area contributed by atoms with Crippen LogP contribution in [0, 0.1) is 0 Å². The number of nitrogens with zero attached hydrogens (tertiary/aromatic N) is 1. The van der Waals surface area contributed by atoms with E-state index in [1.807, 2.05) is 60.3 Å². The van der Waals surface area contributed by atoms with Crippen molar-refractivity contribution >= 4 is 11.9 Å². The van der Waals surface area contributed by atoms with Gasteiger partial charge in [-0.25, -0.2) is 0 Å². The molecule has 0 atom stereocenters. The number of carbonyl (C=O) groups is 1. The van der Waals surface area contributed by atoms with Gasteiger partial charge >= 0.3 is 0 Å². The lowest BCUT2D eigenvalue weighted by Gasteiger charge is -2.07. The molecular formula is C21H17NO3. The molecule has 0 aliphatic carbocycles. The summed E-state index contributed by atoms with van der Waals surface area (Å²) in [5.74, 6) is 1.44. The molecule has 0 saturated carbocycles. The molecule has 4 nitrogen and oxygen atoms in total. The van der Waals surface area contributed by atoms with Crippen LogP contribution in [0.3, 0.4) is 0 Å². The SMILES string of the molecule is Cn1cccc1/C=C1/Oc2cc(OCc3ccccc3)ccc2C1=O. The first kappa shape index (κ1) is 15.3. The predicted octanol–water partition coefficient (Wildman–Crippen LogP) is 4.22. The number of ketones is 1. The van der Waals surface area contributed by atoms with E-state index in [9.17, 15) is 4.79 Å². The second-order valence-corrected chi connectivity index (χ2v) is 5.92. The molecule has 0 spiro atoms. The summed E-state index contributed by atoms with van der Waals surface area (Å²) in [7, 11) is 1.93. The van der Waals surface area contributed by atoms with Crippen molar-refractivity contribution in [1.29, 1.82) is 0 Å². The summed E-state index contributed by atoms with van der Waals surface area (Å²) >= 11 is 0. The van der Waals surface area contributed by atoms with Gasteiger partial charge < -0.3 is 14.0 Å². The first-order valence-electron chi connectivity index (χ1n) is 8.07. The molecule has 2 aromatic carbocycles. The monoisotopic (exact) mass is 331 g/mol. The summed E-state index contributed by atoms with van der Waals surface area (Å²) in [5.41, 5.74) is 2.56. The number of fused-ring (bicyclic) bond motifs is 1. The summed E-state index contributed by atoms with van der Waals surface area (Å²) in [4.78, 5) is 12.5. The van der Waals surface area contributed by atoms with Crippen LogP contribution in [0.2, 0.25) is 0 Å². The van der Waals surface area contributed by atoms with Crippen molar-refractivity contribution in [3.05, 3.63) is 89.4 Å². The van der Waals surface area contributed by atoms with Gasteiger partial charge in [0.25, 0.3) is 0 Å². The second-order valence-electron chi connectivity index (χ2n) is 5.92. The Kier molecular flexibility index (Phi) is 3.86. The summed E-state index contributed by atoms with van der Waals surface area (Å²) in [6, 6.07) is 19.1. The number of carbonyl (C=O) groups excluding carboxylic acids is 1. The molecule has 2 heterocycles. The Morgan fingerprint density at radius 2 is 1.92 bits per heavy atom.